The minimum Gasteiger partial charge on any atom is -0.391 e. The topological polar surface area (TPSA) is 124 Å². The summed E-state index contributed by atoms with van der Waals surface area (Å²) < 4.78 is 32.6. The van der Waals surface area contributed by atoms with Crippen molar-refractivity contribution in [2.75, 3.05) is 5.75 Å². The van der Waals surface area contributed by atoms with Gasteiger partial charge in [-0.3, -0.25) is 9.35 Å². The first-order chi connectivity index (χ1) is 24.7. The molecule has 306 valence electrons. The molecule has 0 radical (unpaired) electrons. The summed E-state index contributed by atoms with van der Waals surface area (Å²) in [5, 5.41) is 23.6. The minimum absolute atomic E-state index is 0.304. The highest BCUT2D eigenvalue weighted by Crippen LogP contribution is 2.17. The Hall–Kier alpha value is -0.700. The van der Waals surface area contributed by atoms with Crippen molar-refractivity contribution in [2.45, 2.75) is 263 Å². The van der Waals surface area contributed by atoms with Crippen LogP contribution in [-0.4, -0.2) is 53.1 Å². The van der Waals surface area contributed by atoms with Crippen LogP contribution in [0.5, 0.6) is 0 Å². The van der Waals surface area contributed by atoms with Gasteiger partial charge in [-0.2, -0.15) is 8.42 Å². The van der Waals surface area contributed by atoms with Gasteiger partial charge in [-0.15, -0.1) is 0 Å². The van der Waals surface area contributed by atoms with Crippen molar-refractivity contribution in [3.63, 3.8) is 0 Å². The van der Waals surface area contributed by atoms with E-state index in [1.165, 1.54) is 173 Å². The molecule has 0 spiro atoms. The first-order valence-corrected chi connectivity index (χ1v) is 23.9. The molecular formula is C43H87NO6S. The van der Waals surface area contributed by atoms with Crippen molar-refractivity contribution in [1.29, 1.82) is 0 Å². The van der Waals surface area contributed by atoms with Crippen LogP contribution in [0, 0.1) is 0 Å². The summed E-state index contributed by atoms with van der Waals surface area (Å²) in [7, 11) is -4.40. The predicted molar refractivity (Wildman–Crippen MR) is 218 cm³/mol. The summed E-state index contributed by atoms with van der Waals surface area (Å²) in [5.74, 6) is -1.44. The second-order valence-electron chi connectivity index (χ2n) is 15.8. The van der Waals surface area contributed by atoms with Crippen LogP contribution in [0.1, 0.15) is 245 Å². The number of unbranched alkanes of at least 4 members (excludes halogenated alkanes) is 32. The van der Waals surface area contributed by atoms with Crippen LogP contribution in [0.2, 0.25) is 0 Å². The van der Waals surface area contributed by atoms with Crippen molar-refractivity contribution in [2.24, 2.45) is 0 Å². The maximum Gasteiger partial charge on any atom is 0.266 e. The number of hydrogen-bond acceptors (Lipinski definition) is 5. The predicted octanol–water partition coefficient (Wildman–Crippen LogP) is 12.2. The van der Waals surface area contributed by atoms with Crippen LogP contribution in [-0.2, 0) is 14.9 Å². The number of rotatable bonds is 41. The summed E-state index contributed by atoms with van der Waals surface area (Å²) in [5.41, 5.74) is 0. The van der Waals surface area contributed by atoms with Gasteiger partial charge in [0.1, 0.15) is 6.10 Å². The molecule has 0 aromatic rings. The number of nitrogens with one attached hydrogen (secondary N) is 1. The molecule has 1 amide bonds. The summed E-state index contributed by atoms with van der Waals surface area (Å²) in [6, 6.07) is -1.14. The van der Waals surface area contributed by atoms with Gasteiger partial charge < -0.3 is 15.5 Å². The molecule has 0 bridgehead atoms. The fourth-order valence-corrected chi connectivity index (χ4v) is 7.99. The number of amides is 1. The highest BCUT2D eigenvalue weighted by atomic mass is 32.2. The first kappa shape index (κ1) is 50.3. The molecule has 0 aliphatic heterocycles. The molecule has 0 saturated heterocycles. The fraction of sp³-hybridized carbons (Fsp3) is 0.977. The van der Waals surface area contributed by atoms with E-state index in [2.05, 4.69) is 19.2 Å². The molecule has 0 rings (SSSR count). The third-order valence-corrected chi connectivity index (χ3v) is 11.4. The Morgan fingerprint density at radius 3 is 0.980 bits per heavy atom. The van der Waals surface area contributed by atoms with Gasteiger partial charge in [0.05, 0.1) is 17.9 Å². The van der Waals surface area contributed by atoms with E-state index in [0.717, 1.165) is 44.9 Å². The Morgan fingerprint density at radius 2 is 0.706 bits per heavy atom. The highest BCUT2D eigenvalue weighted by molar-refractivity contribution is 7.85. The molecule has 0 aliphatic carbocycles. The van der Waals surface area contributed by atoms with Crippen LogP contribution < -0.4 is 5.32 Å². The Balaban J connectivity index is 3.82. The van der Waals surface area contributed by atoms with E-state index < -0.39 is 40.0 Å². The van der Waals surface area contributed by atoms with Gasteiger partial charge in [-0.25, -0.2) is 0 Å². The largest absolute Gasteiger partial charge is 0.391 e. The number of carbonyl (C=O) groups excluding carboxylic acids is 1. The Bertz CT molecular complexity index is 838. The lowest BCUT2D eigenvalue weighted by atomic mass is 10.0. The number of aliphatic hydroxyl groups excluding tert-OH is 2. The van der Waals surface area contributed by atoms with E-state index in [1.807, 2.05) is 0 Å². The summed E-state index contributed by atoms with van der Waals surface area (Å²) >= 11 is 0. The summed E-state index contributed by atoms with van der Waals surface area (Å²) in [6.07, 6.45) is 41.3. The van der Waals surface area contributed by atoms with Gasteiger partial charge >= 0.3 is 0 Å². The fourth-order valence-electron chi connectivity index (χ4n) is 7.23. The van der Waals surface area contributed by atoms with Crippen LogP contribution >= 0.6 is 0 Å². The van der Waals surface area contributed by atoms with Gasteiger partial charge in [-0.05, 0) is 12.8 Å². The van der Waals surface area contributed by atoms with E-state index in [4.69, 9.17) is 0 Å². The molecule has 0 saturated carbocycles. The van der Waals surface area contributed by atoms with Crippen molar-refractivity contribution in [1.82, 2.24) is 5.32 Å². The minimum atomic E-state index is -4.40. The quantitative estimate of drug-likeness (QED) is 0.0365. The number of carbonyl (C=O) groups is 1. The molecule has 0 aromatic heterocycles. The average molecular weight is 746 g/mol. The van der Waals surface area contributed by atoms with Gasteiger partial charge in [0.25, 0.3) is 10.1 Å². The van der Waals surface area contributed by atoms with E-state index in [1.54, 1.807) is 0 Å². The van der Waals surface area contributed by atoms with E-state index in [0.29, 0.717) is 12.8 Å². The highest BCUT2D eigenvalue weighted by Gasteiger charge is 2.28. The maximum absolute atomic E-state index is 12.6. The van der Waals surface area contributed by atoms with Crippen LogP contribution in [0.4, 0.5) is 0 Å². The molecule has 4 N–H and O–H groups in total. The van der Waals surface area contributed by atoms with Gasteiger partial charge in [0.2, 0.25) is 5.91 Å². The van der Waals surface area contributed by atoms with Crippen LogP contribution in [0.15, 0.2) is 0 Å². The molecular weight excluding hydrogens is 659 g/mol. The first-order valence-electron chi connectivity index (χ1n) is 22.3. The second-order valence-corrected chi connectivity index (χ2v) is 17.3. The molecule has 0 aromatic carbocycles. The Kier molecular flexibility index (Phi) is 37.1. The van der Waals surface area contributed by atoms with Crippen molar-refractivity contribution < 1.29 is 28.0 Å². The lowest BCUT2D eigenvalue weighted by Crippen LogP contribution is -2.50. The van der Waals surface area contributed by atoms with Crippen molar-refractivity contribution in [3.8, 4) is 0 Å². The lowest BCUT2D eigenvalue weighted by Gasteiger charge is -2.24. The van der Waals surface area contributed by atoms with Crippen LogP contribution in [0.25, 0.3) is 0 Å². The van der Waals surface area contributed by atoms with E-state index in [9.17, 15) is 28.0 Å². The molecule has 3 atom stereocenters. The third-order valence-electron chi connectivity index (χ3n) is 10.7. The number of aliphatic hydroxyl groups is 2. The second kappa shape index (κ2) is 37.6. The molecule has 0 aliphatic rings. The Labute approximate surface area is 317 Å². The average Bonchev–Trinajstić information content (AvgIpc) is 3.09. The van der Waals surface area contributed by atoms with E-state index >= 15 is 0 Å². The molecule has 3 unspecified atom stereocenters. The van der Waals surface area contributed by atoms with Crippen molar-refractivity contribution >= 4 is 16.0 Å². The number of hydrogen-bond donors (Lipinski definition) is 4. The van der Waals surface area contributed by atoms with Gasteiger partial charge in [0.15, 0.2) is 0 Å². The SMILES string of the molecule is CCCCCCCCCCCCCCCCCCCCCCCCC(O)C(=O)NC(CS(=O)(=O)O)C(O)CCCCCCCCCCCCCC. The van der Waals surface area contributed by atoms with Gasteiger partial charge in [-0.1, -0.05) is 232 Å². The third kappa shape index (κ3) is 37.4. The molecule has 8 heteroatoms. The molecule has 51 heavy (non-hydrogen) atoms. The summed E-state index contributed by atoms with van der Waals surface area (Å²) in [6.45, 7) is 4.52. The normalized spacial score (nSPS) is 13.7. The van der Waals surface area contributed by atoms with Crippen LogP contribution in [0.3, 0.4) is 0 Å². The van der Waals surface area contributed by atoms with Gasteiger partial charge in [0, 0.05) is 0 Å². The molecule has 0 fully saturated rings. The molecule has 7 nitrogen and oxygen atoms in total. The standard InChI is InChI=1S/C43H87NO6S/c1-3-5-7-9-11-13-15-17-18-19-20-21-22-23-24-25-26-28-30-32-34-36-38-42(46)43(47)44-40(39-51(48,49)50)41(45)37-35-33-31-29-27-16-14-12-10-8-6-4-2/h40-42,45-46H,3-39H2,1-2H3,(H,44,47)(H,48,49,50). The molecule has 0 heterocycles. The van der Waals surface area contributed by atoms with E-state index in [-0.39, 0.29) is 0 Å². The zero-order chi connectivity index (χ0) is 37.7. The van der Waals surface area contributed by atoms with Crippen molar-refractivity contribution in [3.05, 3.63) is 0 Å². The zero-order valence-corrected chi connectivity index (χ0v) is 34.7. The maximum atomic E-state index is 12.6. The summed E-state index contributed by atoms with van der Waals surface area (Å²) in [4.78, 5) is 12.6. The Morgan fingerprint density at radius 1 is 0.451 bits per heavy atom. The smallest absolute Gasteiger partial charge is 0.266 e. The zero-order valence-electron chi connectivity index (χ0n) is 33.9. The lowest BCUT2D eigenvalue weighted by molar-refractivity contribution is -0.131. The monoisotopic (exact) mass is 746 g/mol.